The number of hydrogen-bond acceptors (Lipinski definition) is 3. The molecule has 2 amide bonds. The highest BCUT2D eigenvalue weighted by Crippen LogP contribution is 2.26. The van der Waals surface area contributed by atoms with Gasteiger partial charge in [-0.05, 0) is 52.0 Å². The van der Waals surface area contributed by atoms with E-state index >= 15 is 0 Å². The molecular weight excluding hydrogens is 352 g/mol. The van der Waals surface area contributed by atoms with Crippen LogP contribution < -0.4 is 10.6 Å². The van der Waals surface area contributed by atoms with E-state index in [1.165, 1.54) is 11.3 Å². The maximum Gasteiger partial charge on any atom is 0.266 e. The van der Waals surface area contributed by atoms with Crippen molar-refractivity contribution in [3.63, 3.8) is 0 Å². The van der Waals surface area contributed by atoms with Gasteiger partial charge in [0.1, 0.15) is 4.88 Å². The number of halogens is 1. The second-order valence-corrected chi connectivity index (χ2v) is 6.25. The molecule has 0 radical (unpaired) electrons. The van der Waals surface area contributed by atoms with Crippen LogP contribution in [0.1, 0.15) is 28.6 Å². The molecule has 0 aliphatic carbocycles. The van der Waals surface area contributed by atoms with E-state index in [0.29, 0.717) is 22.7 Å². The van der Waals surface area contributed by atoms with Crippen molar-refractivity contribution in [1.29, 1.82) is 0 Å². The van der Waals surface area contributed by atoms with E-state index in [1.54, 1.807) is 13.0 Å². The van der Waals surface area contributed by atoms with Crippen LogP contribution in [0, 0.1) is 6.92 Å². The zero-order valence-electron chi connectivity index (χ0n) is 11.7. The maximum absolute atomic E-state index is 12.2. The van der Waals surface area contributed by atoms with Crippen LogP contribution in [0.15, 0.2) is 34.1 Å². The maximum atomic E-state index is 12.2. The van der Waals surface area contributed by atoms with Crippen molar-refractivity contribution in [3.8, 4) is 0 Å². The average Bonchev–Trinajstić information content (AvgIpc) is 2.88. The Kier molecular flexibility index (Phi) is 5.14. The van der Waals surface area contributed by atoms with Crippen LogP contribution in [0.3, 0.4) is 0 Å². The van der Waals surface area contributed by atoms with Crippen molar-refractivity contribution in [2.24, 2.45) is 0 Å². The van der Waals surface area contributed by atoms with Gasteiger partial charge in [0.15, 0.2) is 0 Å². The quantitative estimate of drug-likeness (QED) is 0.841. The molecule has 2 N–H and O–H groups in total. The minimum atomic E-state index is -0.168. The predicted octanol–water partition coefficient (Wildman–Crippen LogP) is 4.42. The van der Waals surface area contributed by atoms with E-state index in [2.05, 4.69) is 26.6 Å². The molecule has 1 aromatic heterocycles. The minimum absolute atomic E-state index is 0.0582. The third kappa shape index (κ3) is 3.92. The van der Waals surface area contributed by atoms with Gasteiger partial charge >= 0.3 is 0 Å². The molecule has 0 saturated heterocycles. The van der Waals surface area contributed by atoms with Crippen molar-refractivity contribution in [1.82, 2.24) is 0 Å². The molecule has 2 aromatic rings. The first-order valence-corrected chi connectivity index (χ1v) is 8.13. The number of benzene rings is 1. The van der Waals surface area contributed by atoms with Crippen LogP contribution in [0.4, 0.5) is 11.4 Å². The fraction of sp³-hybridized carbons (Fsp3) is 0.200. The van der Waals surface area contributed by atoms with Crippen molar-refractivity contribution in [3.05, 3.63) is 44.6 Å². The van der Waals surface area contributed by atoms with Crippen LogP contribution >= 0.6 is 27.3 Å². The molecule has 0 fully saturated rings. The van der Waals surface area contributed by atoms with Crippen LogP contribution in [0.25, 0.3) is 0 Å². The monoisotopic (exact) mass is 366 g/mol. The van der Waals surface area contributed by atoms with Gasteiger partial charge in [-0.15, -0.1) is 11.3 Å². The fourth-order valence-corrected chi connectivity index (χ4v) is 3.17. The zero-order chi connectivity index (χ0) is 15.4. The summed E-state index contributed by atoms with van der Waals surface area (Å²) in [5.74, 6) is -0.226. The third-order valence-electron chi connectivity index (χ3n) is 2.91. The Labute approximate surface area is 135 Å². The van der Waals surface area contributed by atoms with E-state index in [-0.39, 0.29) is 11.8 Å². The molecule has 0 aliphatic rings. The summed E-state index contributed by atoms with van der Waals surface area (Å²) in [4.78, 5) is 24.3. The number of hydrogen-bond donors (Lipinski definition) is 2. The van der Waals surface area contributed by atoms with Crippen molar-refractivity contribution < 1.29 is 9.59 Å². The van der Waals surface area contributed by atoms with E-state index in [0.717, 1.165) is 10.0 Å². The number of thiophene rings is 1. The Hall–Kier alpha value is -1.66. The molecule has 1 heterocycles. The number of amides is 2. The van der Waals surface area contributed by atoms with Gasteiger partial charge in [0.05, 0.1) is 0 Å². The van der Waals surface area contributed by atoms with Gasteiger partial charge in [-0.2, -0.15) is 0 Å². The Bertz CT molecular complexity index is 682. The molecule has 1 aromatic carbocycles. The summed E-state index contributed by atoms with van der Waals surface area (Å²) in [5.41, 5.74) is 2.30. The van der Waals surface area contributed by atoms with Gasteiger partial charge in [-0.3, -0.25) is 9.59 Å². The average molecular weight is 367 g/mol. The van der Waals surface area contributed by atoms with E-state index in [4.69, 9.17) is 0 Å². The first-order chi connectivity index (χ1) is 10.0. The van der Waals surface area contributed by atoms with Crippen LogP contribution in [0.5, 0.6) is 0 Å². The summed E-state index contributed by atoms with van der Waals surface area (Å²) in [6.07, 6.45) is 0.414. The largest absolute Gasteiger partial charge is 0.326 e. The second kappa shape index (κ2) is 6.87. The van der Waals surface area contributed by atoms with E-state index in [1.807, 2.05) is 30.5 Å². The standard InChI is InChI=1S/C15H15BrN2O2S/c1-3-13(19)17-10-5-4-9(2)12(8-10)18-15(20)14-11(16)6-7-21-14/h4-8H,3H2,1-2H3,(H,17,19)(H,18,20). The van der Waals surface area contributed by atoms with Crippen LogP contribution in [0.2, 0.25) is 0 Å². The SMILES string of the molecule is CCC(=O)Nc1ccc(C)c(NC(=O)c2sccc2Br)c1. The second-order valence-electron chi connectivity index (χ2n) is 4.48. The molecule has 0 atom stereocenters. The number of anilines is 2. The lowest BCUT2D eigenvalue weighted by Gasteiger charge is -2.11. The summed E-state index contributed by atoms with van der Waals surface area (Å²) in [6.45, 7) is 3.70. The topological polar surface area (TPSA) is 58.2 Å². The molecule has 4 nitrogen and oxygen atoms in total. The predicted molar refractivity (Wildman–Crippen MR) is 90.1 cm³/mol. The highest BCUT2D eigenvalue weighted by atomic mass is 79.9. The number of carbonyl (C=O) groups is 2. The first-order valence-electron chi connectivity index (χ1n) is 6.46. The fourth-order valence-electron chi connectivity index (χ4n) is 1.72. The number of aryl methyl sites for hydroxylation is 1. The lowest BCUT2D eigenvalue weighted by atomic mass is 10.1. The van der Waals surface area contributed by atoms with Gasteiger partial charge in [-0.1, -0.05) is 13.0 Å². The summed E-state index contributed by atoms with van der Waals surface area (Å²) in [7, 11) is 0. The van der Waals surface area contributed by atoms with Crippen LogP contribution in [-0.4, -0.2) is 11.8 Å². The molecule has 0 unspecified atom stereocenters. The molecule has 110 valence electrons. The van der Waals surface area contributed by atoms with Crippen molar-refractivity contribution >= 4 is 50.5 Å². The number of nitrogens with one attached hydrogen (secondary N) is 2. The van der Waals surface area contributed by atoms with Gasteiger partial charge < -0.3 is 10.6 Å². The lowest BCUT2D eigenvalue weighted by Crippen LogP contribution is -2.13. The van der Waals surface area contributed by atoms with Gasteiger partial charge in [0.25, 0.3) is 5.91 Å². The lowest BCUT2D eigenvalue weighted by molar-refractivity contribution is -0.115. The van der Waals surface area contributed by atoms with Gasteiger partial charge in [0.2, 0.25) is 5.91 Å². The molecular formula is C15H15BrN2O2S. The number of carbonyl (C=O) groups excluding carboxylic acids is 2. The van der Waals surface area contributed by atoms with Crippen molar-refractivity contribution in [2.75, 3.05) is 10.6 Å². The summed E-state index contributed by atoms with van der Waals surface area (Å²) < 4.78 is 0.776. The smallest absolute Gasteiger partial charge is 0.266 e. The zero-order valence-corrected chi connectivity index (χ0v) is 14.1. The van der Waals surface area contributed by atoms with Gasteiger partial charge in [-0.25, -0.2) is 0 Å². The minimum Gasteiger partial charge on any atom is -0.326 e. The van der Waals surface area contributed by atoms with Gasteiger partial charge in [0, 0.05) is 22.3 Å². The molecule has 0 aliphatic heterocycles. The van der Waals surface area contributed by atoms with Crippen LogP contribution in [-0.2, 0) is 4.79 Å². The number of rotatable bonds is 4. The Morgan fingerprint density at radius 2 is 2.00 bits per heavy atom. The summed E-state index contributed by atoms with van der Waals surface area (Å²) >= 11 is 4.72. The Morgan fingerprint density at radius 1 is 1.24 bits per heavy atom. The molecule has 21 heavy (non-hydrogen) atoms. The highest BCUT2D eigenvalue weighted by molar-refractivity contribution is 9.10. The highest BCUT2D eigenvalue weighted by Gasteiger charge is 2.13. The van der Waals surface area contributed by atoms with Crippen molar-refractivity contribution in [2.45, 2.75) is 20.3 Å². The van der Waals surface area contributed by atoms with E-state index in [9.17, 15) is 9.59 Å². The molecule has 0 saturated carbocycles. The third-order valence-corrected chi connectivity index (χ3v) is 4.75. The van der Waals surface area contributed by atoms with E-state index < -0.39 is 0 Å². The normalized spacial score (nSPS) is 10.2. The first kappa shape index (κ1) is 15.7. The summed E-state index contributed by atoms with van der Waals surface area (Å²) in [6, 6.07) is 7.29. The Balaban J connectivity index is 2.19. The molecule has 0 bridgehead atoms. The molecule has 6 heteroatoms. The Morgan fingerprint density at radius 3 is 2.62 bits per heavy atom. The summed E-state index contributed by atoms with van der Waals surface area (Å²) in [5, 5.41) is 7.51. The molecule has 0 spiro atoms. The molecule has 2 rings (SSSR count).